The van der Waals surface area contributed by atoms with E-state index in [1.807, 2.05) is 30.3 Å². The normalized spacial score (nSPS) is 20.8. The Morgan fingerprint density at radius 3 is 2.65 bits per heavy atom. The summed E-state index contributed by atoms with van der Waals surface area (Å²) in [5.74, 6) is -1.18. The first-order valence-corrected chi connectivity index (χ1v) is 8.62. The van der Waals surface area contributed by atoms with E-state index in [9.17, 15) is 19.5 Å². The van der Waals surface area contributed by atoms with Gasteiger partial charge in [-0.25, -0.2) is 4.79 Å². The summed E-state index contributed by atoms with van der Waals surface area (Å²) < 4.78 is 5.14. The highest BCUT2D eigenvalue weighted by Crippen LogP contribution is 2.09. The number of aliphatic hydroxyl groups excluding tert-OH is 1. The Morgan fingerprint density at radius 1 is 1.31 bits per heavy atom. The summed E-state index contributed by atoms with van der Waals surface area (Å²) >= 11 is 0. The SMILES string of the molecule is CC(C)[C@H](NC(=O)OCc1ccccc1)C(=O)NC1CCNC(=O)C1O. The number of carbonyl (C=O) groups excluding carboxylic acids is 3. The second kappa shape index (κ2) is 9.19. The molecule has 0 aromatic heterocycles. The van der Waals surface area contributed by atoms with E-state index in [0.29, 0.717) is 13.0 Å². The van der Waals surface area contributed by atoms with E-state index in [-0.39, 0.29) is 12.5 Å². The lowest BCUT2D eigenvalue weighted by Crippen LogP contribution is -2.59. The molecule has 1 aliphatic heterocycles. The number of carbonyl (C=O) groups is 3. The Morgan fingerprint density at radius 2 is 2.00 bits per heavy atom. The van der Waals surface area contributed by atoms with E-state index in [2.05, 4.69) is 16.0 Å². The number of nitrogens with one attached hydrogen (secondary N) is 3. The average Bonchev–Trinajstić information content (AvgIpc) is 2.62. The van der Waals surface area contributed by atoms with Crippen molar-refractivity contribution in [3.63, 3.8) is 0 Å². The predicted molar refractivity (Wildman–Crippen MR) is 94.0 cm³/mol. The average molecular weight is 363 g/mol. The van der Waals surface area contributed by atoms with Crippen LogP contribution < -0.4 is 16.0 Å². The smallest absolute Gasteiger partial charge is 0.408 e. The number of piperidine rings is 1. The molecule has 1 aromatic carbocycles. The molecule has 26 heavy (non-hydrogen) atoms. The van der Waals surface area contributed by atoms with Crippen LogP contribution in [0, 0.1) is 5.92 Å². The molecular formula is C18H25N3O5. The van der Waals surface area contributed by atoms with Gasteiger partial charge in [-0.1, -0.05) is 44.2 Å². The first kappa shape index (κ1) is 19.7. The van der Waals surface area contributed by atoms with Crippen LogP contribution in [0.15, 0.2) is 30.3 Å². The van der Waals surface area contributed by atoms with E-state index >= 15 is 0 Å². The van der Waals surface area contributed by atoms with Crippen LogP contribution in [-0.2, 0) is 20.9 Å². The number of alkyl carbamates (subject to hydrolysis) is 1. The fourth-order valence-electron chi connectivity index (χ4n) is 2.65. The van der Waals surface area contributed by atoms with Crippen LogP contribution in [-0.4, -0.2) is 47.7 Å². The van der Waals surface area contributed by atoms with Gasteiger partial charge in [0.2, 0.25) is 5.91 Å². The van der Waals surface area contributed by atoms with E-state index in [4.69, 9.17) is 4.74 Å². The van der Waals surface area contributed by atoms with Gasteiger partial charge >= 0.3 is 6.09 Å². The molecule has 4 N–H and O–H groups in total. The monoisotopic (exact) mass is 363 g/mol. The van der Waals surface area contributed by atoms with E-state index in [1.54, 1.807) is 13.8 Å². The summed E-state index contributed by atoms with van der Waals surface area (Å²) in [6, 6.07) is 7.68. The van der Waals surface area contributed by atoms with Crippen molar-refractivity contribution < 1.29 is 24.2 Å². The zero-order valence-corrected chi connectivity index (χ0v) is 14.9. The quantitative estimate of drug-likeness (QED) is 0.580. The highest BCUT2D eigenvalue weighted by molar-refractivity contribution is 5.88. The largest absolute Gasteiger partial charge is 0.445 e. The summed E-state index contributed by atoms with van der Waals surface area (Å²) in [6.45, 7) is 4.04. The van der Waals surface area contributed by atoms with Gasteiger partial charge in [-0.15, -0.1) is 0 Å². The lowest BCUT2D eigenvalue weighted by Gasteiger charge is -2.30. The Balaban J connectivity index is 1.89. The third-order valence-corrected chi connectivity index (χ3v) is 4.17. The number of benzene rings is 1. The summed E-state index contributed by atoms with van der Waals surface area (Å²) in [4.78, 5) is 36.0. The minimum absolute atomic E-state index is 0.0978. The molecule has 0 saturated carbocycles. The molecule has 1 aliphatic rings. The predicted octanol–water partition coefficient (Wildman–Crippen LogP) is 0.303. The fraction of sp³-hybridized carbons (Fsp3) is 0.500. The molecule has 1 fully saturated rings. The lowest BCUT2D eigenvalue weighted by molar-refractivity contribution is -0.135. The van der Waals surface area contributed by atoms with Gasteiger partial charge in [0.05, 0.1) is 6.04 Å². The van der Waals surface area contributed by atoms with Crippen LogP contribution >= 0.6 is 0 Å². The van der Waals surface area contributed by atoms with Crippen molar-refractivity contribution >= 4 is 17.9 Å². The van der Waals surface area contributed by atoms with Crippen molar-refractivity contribution in [2.75, 3.05) is 6.54 Å². The summed E-state index contributed by atoms with van der Waals surface area (Å²) in [5, 5.41) is 17.6. The first-order chi connectivity index (χ1) is 12.4. The van der Waals surface area contributed by atoms with Crippen LogP contribution in [0.1, 0.15) is 25.8 Å². The molecule has 0 aliphatic carbocycles. The molecule has 2 rings (SSSR count). The Hall–Kier alpha value is -2.61. The van der Waals surface area contributed by atoms with Crippen molar-refractivity contribution in [3.8, 4) is 0 Å². The molecule has 8 heteroatoms. The zero-order valence-electron chi connectivity index (χ0n) is 14.9. The molecule has 3 amide bonds. The fourth-order valence-corrected chi connectivity index (χ4v) is 2.65. The van der Waals surface area contributed by atoms with Crippen molar-refractivity contribution in [2.24, 2.45) is 5.92 Å². The van der Waals surface area contributed by atoms with Gasteiger partial charge < -0.3 is 25.8 Å². The van der Waals surface area contributed by atoms with Gasteiger partial charge in [0.1, 0.15) is 12.6 Å². The standard InChI is InChI=1S/C18H25N3O5/c1-11(2)14(16(23)20-13-8-9-19-17(24)15(13)22)21-18(25)26-10-12-6-4-3-5-7-12/h3-7,11,13-15,22H,8-10H2,1-2H3,(H,19,24)(H,20,23)(H,21,25)/t13?,14-,15?/m0/s1. The molecule has 8 nitrogen and oxygen atoms in total. The van der Waals surface area contributed by atoms with Crippen molar-refractivity contribution in [2.45, 2.75) is 45.1 Å². The Kier molecular flexibility index (Phi) is 6.97. The van der Waals surface area contributed by atoms with Crippen LogP contribution in [0.4, 0.5) is 4.79 Å². The van der Waals surface area contributed by atoms with Gasteiger partial charge in [0.15, 0.2) is 6.10 Å². The van der Waals surface area contributed by atoms with Crippen LogP contribution in [0.2, 0.25) is 0 Å². The third kappa shape index (κ3) is 5.45. The molecule has 1 aromatic rings. The van der Waals surface area contributed by atoms with E-state index in [0.717, 1.165) is 5.56 Å². The maximum atomic E-state index is 12.5. The number of rotatable bonds is 6. The maximum absolute atomic E-state index is 12.5. The summed E-state index contributed by atoms with van der Waals surface area (Å²) in [6.07, 6.45) is -1.59. The molecular weight excluding hydrogens is 338 g/mol. The minimum Gasteiger partial charge on any atom is -0.445 e. The van der Waals surface area contributed by atoms with Crippen molar-refractivity contribution in [1.82, 2.24) is 16.0 Å². The van der Waals surface area contributed by atoms with E-state index in [1.165, 1.54) is 0 Å². The highest BCUT2D eigenvalue weighted by atomic mass is 16.5. The molecule has 0 spiro atoms. The van der Waals surface area contributed by atoms with E-state index < -0.39 is 36.1 Å². The lowest BCUT2D eigenvalue weighted by atomic mass is 9.99. The van der Waals surface area contributed by atoms with Crippen LogP contribution in [0.5, 0.6) is 0 Å². The molecule has 142 valence electrons. The Bertz CT molecular complexity index is 635. The molecule has 1 heterocycles. The van der Waals surface area contributed by atoms with Crippen LogP contribution in [0.3, 0.4) is 0 Å². The maximum Gasteiger partial charge on any atom is 0.408 e. The van der Waals surface area contributed by atoms with Gasteiger partial charge in [-0.05, 0) is 17.9 Å². The highest BCUT2D eigenvalue weighted by Gasteiger charge is 2.34. The zero-order chi connectivity index (χ0) is 19.1. The van der Waals surface area contributed by atoms with Crippen molar-refractivity contribution in [1.29, 1.82) is 0 Å². The van der Waals surface area contributed by atoms with Gasteiger partial charge in [-0.2, -0.15) is 0 Å². The Labute approximate surface area is 152 Å². The molecule has 1 saturated heterocycles. The number of hydrogen-bond acceptors (Lipinski definition) is 5. The van der Waals surface area contributed by atoms with Gasteiger partial charge in [0, 0.05) is 6.54 Å². The molecule has 0 bridgehead atoms. The van der Waals surface area contributed by atoms with Crippen LogP contribution in [0.25, 0.3) is 0 Å². The topological polar surface area (TPSA) is 117 Å². The number of hydrogen-bond donors (Lipinski definition) is 4. The number of amides is 3. The molecule has 0 radical (unpaired) electrons. The molecule has 2 unspecified atom stereocenters. The van der Waals surface area contributed by atoms with Gasteiger partial charge in [-0.3, -0.25) is 9.59 Å². The van der Waals surface area contributed by atoms with Crippen molar-refractivity contribution in [3.05, 3.63) is 35.9 Å². The number of aliphatic hydroxyl groups is 1. The second-order valence-corrected chi connectivity index (χ2v) is 6.57. The first-order valence-electron chi connectivity index (χ1n) is 8.62. The number of ether oxygens (including phenoxy) is 1. The minimum atomic E-state index is -1.30. The van der Waals surface area contributed by atoms with Gasteiger partial charge in [0.25, 0.3) is 5.91 Å². The second-order valence-electron chi connectivity index (χ2n) is 6.57. The third-order valence-electron chi connectivity index (χ3n) is 4.17. The molecule has 3 atom stereocenters. The summed E-state index contributed by atoms with van der Waals surface area (Å²) in [7, 11) is 0. The summed E-state index contributed by atoms with van der Waals surface area (Å²) in [5.41, 5.74) is 0.838.